The summed E-state index contributed by atoms with van der Waals surface area (Å²) in [4.78, 5) is 13.6. The summed E-state index contributed by atoms with van der Waals surface area (Å²) in [5, 5.41) is 9.43. The molecule has 2 rings (SSSR count). The highest BCUT2D eigenvalue weighted by molar-refractivity contribution is 5.72. The molecule has 1 aliphatic heterocycles. The van der Waals surface area contributed by atoms with Crippen molar-refractivity contribution in [2.45, 2.75) is 32.4 Å². The van der Waals surface area contributed by atoms with Crippen molar-refractivity contribution in [3.63, 3.8) is 0 Å². The van der Waals surface area contributed by atoms with Crippen molar-refractivity contribution >= 4 is 5.97 Å². The van der Waals surface area contributed by atoms with E-state index in [-0.39, 0.29) is 24.6 Å². The number of nitriles is 1. The van der Waals surface area contributed by atoms with E-state index < -0.39 is 0 Å². The average Bonchev–Trinajstić information content (AvgIpc) is 2.45. The van der Waals surface area contributed by atoms with Gasteiger partial charge in [-0.15, -0.1) is 0 Å². The molecule has 0 unspecified atom stereocenters. The highest BCUT2D eigenvalue weighted by Crippen LogP contribution is 2.28. The Balaban J connectivity index is 2.24. The lowest BCUT2D eigenvalue weighted by molar-refractivity contribution is -0.156. The van der Waals surface area contributed by atoms with Gasteiger partial charge in [0.25, 0.3) is 0 Å². The number of hydrogen-bond acceptors (Lipinski definition) is 4. The third-order valence-electron chi connectivity index (χ3n) is 3.54. The van der Waals surface area contributed by atoms with Crippen molar-refractivity contribution in [3.05, 3.63) is 35.9 Å². The molecule has 4 heteroatoms. The van der Waals surface area contributed by atoms with Crippen LogP contribution in [0.3, 0.4) is 0 Å². The van der Waals surface area contributed by atoms with Gasteiger partial charge < -0.3 is 4.74 Å². The maximum atomic E-state index is 11.6. The number of carbonyl (C=O) groups excluding carboxylic acids is 1. The summed E-state index contributed by atoms with van der Waals surface area (Å²) < 4.78 is 5.18. The molecule has 0 aromatic heterocycles. The van der Waals surface area contributed by atoms with E-state index in [1.54, 1.807) is 0 Å². The molecule has 2 atom stereocenters. The number of morpholine rings is 1. The quantitative estimate of drug-likeness (QED) is 0.790. The van der Waals surface area contributed by atoms with E-state index in [2.05, 4.69) is 19.9 Å². The smallest absolute Gasteiger partial charge is 0.320 e. The second kappa shape index (κ2) is 6.53. The highest BCUT2D eigenvalue weighted by Gasteiger charge is 2.34. The van der Waals surface area contributed by atoms with Gasteiger partial charge in [-0.1, -0.05) is 44.2 Å². The number of esters is 1. The minimum atomic E-state index is -0.256. The maximum Gasteiger partial charge on any atom is 0.320 e. The number of carbonyl (C=O) groups is 1. The topological polar surface area (TPSA) is 53.3 Å². The Morgan fingerprint density at radius 3 is 2.70 bits per heavy atom. The van der Waals surface area contributed by atoms with E-state index in [0.717, 1.165) is 12.0 Å². The van der Waals surface area contributed by atoms with Gasteiger partial charge in [0.05, 0.1) is 24.7 Å². The molecule has 0 amide bonds. The monoisotopic (exact) mass is 272 g/mol. The van der Waals surface area contributed by atoms with Gasteiger partial charge in [0.15, 0.2) is 0 Å². The molecule has 1 aromatic rings. The first-order valence-corrected chi connectivity index (χ1v) is 6.97. The van der Waals surface area contributed by atoms with E-state index in [1.807, 2.05) is 35.2 Å². The standard InChI is InChI=1S/C16H20N2O2/c1-12(2)8-14(9-17)18-10-16(19)20-11-15(18)13-6-4-3-5-7-13/h3-7,12,14-15H,8,10-11H2,1-2H3/t14-,15+/m0/s1. The van der Waals surface area contributed by atoms with Crippen LogP contribution >= 0.6 is 0 Å². The zero-order chi connectivity index (χ0) is 14.5. The Kier molecular flexibility index (Phi) is 4.75. The lowest BCUT2D eigenvalue weighted by atomic mass is 9.98. The number of rotatable bonds is 4. The van der Waals surface area contributed by atoms with E-state index in [4.69, 9.17) is 4.74 Å². The SMILES string of the molecule is CC(C)C[C@@H](C#N)N1CC(=O)OC[C@@H]1c1ccccc1. The van der Waals surface area contributed by atoms with Crippen LogP contribution in [0.1, 0.15) is 31.9 Å². The fourth-order valence-corrected chi connectivity index (χ4v) is 2.57. The van der Waals surface area contributed by atoms with Gasteiger partial charge in [-0.2, -0.15) is 5.26 Å². The summed E-state index contributed by atoms with van der Waals surface area (Å²) in [6, 6.07) is 12.0. The summed E-state index contributed by atoms with van der Waals surface area (Å²) in [7, 11) is 0. The van der Waals surface area contributed by atoms with Crippen LogP contribution in [0, 0.1) is 17.2 Å². The van der Waals surface area contributed by atoms with E-state index in [0.29, 0.717) is 12.5 Å². The van der Waals surface area contributed by atoms with Crippen molar-refractivity contribution in [2.75, 3.05) is 13.2 Å². The van der Waals surface area contributed by atoms with E-state index in [9.17, 15) is 10.1 Å². The van der Waals surface area contributed by atoms with Crippen LogP contribution in [0.2, 0.25) is 0 Å². The third kappa shape index (κ3) is 3.37. The highest BCUT2D eigenvalue weighted by atomic mass is 16.5. The molecule has 4 nitrogen and oxygen atoms in total. The molecule has 0 aliphatic carbocycles. The molecule has 0 bridgehead atoms. The first-order valence-electron chi connectivity index (χ1n) is 6.97. The van der Waals surface area contributed by atoms with Crippen LogP contribution < -0.4 is 0 Å². The van der Waals surface area contributed by atoms with Crippen LogP contribution in [-0.4, -0.2) is 30.1 Å². The molecule has 0 radical (unpaired) electrons. The molecule has 106 valence electrons. The van der Waals surface area contributed by atoms with Gasteiger partial charge >= 0.3 is 5.97 Å². The molecule has 20 heavy (non-hydrogen) atoms. The first kappa shape index (κ1) is 14.5. The summed E-state index contributed by atoms with van der Waals surface area (Å²) in [5.41, 5.74) is 1.09. The van der Waals surface area contributed by atoms with Crippen LogP contribution in [0.4, 0.5) is 0 Å². The molecular formula is C16H20N2O2. The molecule has 1 fully saturated rings. The summed E-state index contributed by atoms with van der Waals surface area (Å²) in [6.45, 7) is 4.68. The summed E-state index contributed by atoms with van der Waals surface area (Å²) >= 11 is 0. The van der Waals surface area contributed by atoms with Gasteiger partial charge in [0.1, 0.15) is 6.61 Å². The van der Waals surface area contributed by atoms with Crippen molar-refractivity contribution in [2.24, 2.45) is 5.92 Å². The van der Waals surface area contributed by atoms with Crippen molar-refractivity contribution in [3.8, 4) is 6.07 Å². The zero-order valence-corrected chi connectivity index (χ0v) is 12.0. The van der Waals surface area contributed by atoms with Gasteiger partial charge in [-0.25, -0.2) is 0 Å². The maximum absolute atomic E-state index is 11.6. The van der Waals surface area contributed by atoms with Gasteiger partial charge in [-0.3, -0.25) is 9.69 Å². The fourth-order valence-electron chi connectivity index (χ4n) is 2.57. The number of ether oxygens (including phenoxy) is 1. The van der Waals surface area contributed by atoms with Crippen LogP contribution in [-0.2, 0) is 9.53 Å². The molecule has 0 saturated carbocycles. The van der Waals surface area contributed by atoms with Gasteiger partial charge in [-0.05, 0) is 17.9 Å². The van der Waals surface area contributed by atoms with Crippen LogP contribution in [0.15, 0.2) is 30.3 Å². The Bertz CT molecular complexity index is 493. The Morgan fingerprint density at radius 2 is 2.10 bits per heavy atom. The Labute approximate surface area is 120 Å². The molecule has 1 saturated heterocycles. The number of nitrogens with zero attached hydrogens (tertiary/aromatic N) is 2. The average molecular weight is 272 g/mol. The zero-order valence-electron chi connectivity index (χ0n) is 12.0. The predicted molar refractivity (Wildman–Crippen MR) is 75.7 cm³/mol. The molecule has 1 aliphatic rings. The molecule has 1 heterocycles. The predicted octanol–water partition coefficient (Wildman–Crippen LogP) is 2.52. The van der Waals surface area contributed by atoms with Gasteiger partial charge in [0, 0.05) is 0 Å². The third-order valence-corrected chi connectivity index (χ3v) is 3.54. The summed E-state index contributed by atoms with van der Waals surface area (Å²) in [6.07, 6.45) is 0.757. The number of hydrogen-bond donors (Lipinski definition) is 0. The molecule has 0 spiro atoms. The van der Waals surface area contributed by atoms with Crippen molar-refractivity contribution < 1.29 is 9.53 Å². The number of benzene rings is 1. The van der Waals surface area contributed by atoms with Crippen LogP contribution in [0.25, 0.3) is 0 Å². The number of cyclic esters (lactones) is 1. The first-order chi connectivity index (χ1) is 9.61. The fraction of sp³-hybridized carbons (Fsp3) is 0.500. The van der Waals surface area contributed by atoms with E-state index >= 15 is 0 Å². The van der Waals surface area contributed by atoms with Crippen molar-refractivity contribution in [1.29, 1.82) is 5.26 Å². The minimum absolute atomic E-state index is 0.0303. The van der Waals surface area contributed by atoms with Crippen molar-refractivity contribution in [1.82, 2.24) is 4.90 Å². The molecule has 0 N–H and O–H groups in total. The largest absolute Gasteiger partial charge is 0.463 e. The second-order valence-corrected chi connectivity index (χ2v) is 5.56. The Hall–Kier alpha value is -1.86. The summed E-state index contributed by atoms with van der Waals surface area (Å²) in [5.74, 6) is 0.162. The molecular weight excluding hydrogens is 252 g/mol. The lowest BCUT2D eigenvalue weighted by Crippen LogP contribution is -2.47. The minimum Gasteiger partial charge on any atom is -0.463 e. The molecule has 1 aromatic carbocycles. The Morgan fingerprint density at radius 1 is 1.40 bits per heavy atom. The normalized spacial score (nSPS) is 21.3. The second-order valence-electron chi connectivity index (χ2n) is 5.56. The van der Waals surface area contributed by atoms with Gasteiger partial charge in [0.2, 0.25) is 0 Å². The van der Waals surface area contributed by atoms with E-state index in [1.165, 1.54) is 0 Å². The van der Waals surface area contributed by atoms with Crippen LogP contribution in [0.5, 0.6) is 0 Å². The lowest BCUT2D eigenvalue weighted by Gasteiger charge is -2.38.